The molecule has 1 aliphatic rings. The molecule has 2 heterocycles. The van der Waals surface area contributed by atoms with Crippen LogP contribution in [-0.2, 0) is 11.2 Å². The average Bonchev–Trinajstić information content (AvgIpc) is 3.22. The van der Waals surface area contributed by atoms with Gasteiger partial charge in [-0.25, -0.2) is 20.2 Å². The van der Waals surface area contributed by atoms with Crippen molar-refractivity contribution in [2.24, 2.45) is 0 Å². The normalized spacial score (nSPS) is 20.2. The zero-order valence-electron chi connectivity index (χ0n) is 13.5. The molecule has 2 unspecified atom stereocenters. The van der Waals surface area contributed by atoms with Crippen molar-refractivity contribution < 1.29 is 9.18 Å². The molecule has 1 fully saturated rings. The average molecular weight is 348 g/mol. The summed E-state index contributed by atoms with van der Waals surface area (Å²) in [6.45, 7) is 2.66. The van der Waals surface area contributed by atoms with Crippen LogP contribution in [0, 0.1) is 12.7 Å². The molecule has 1 aliphatic heterocycles. The molecule has 5 nitrogen and oxygen atoms in total. The highest BCUT2D eigenvalue weighted by atomic mass is 32.1. The van der Waals surface area contributed by atoms with Gasteiger partial charge in [0.1, 0.15) is 11.9 Å². The van der Waals surface area contributed by atoms with E-state index in [-0.39, 0.29) is 23.8 Å². The maximum Gasteiger partial charge on any atom is 0.238 e. The summed E-state index contributed by atoms with van der Waals surface area (Å²) in [4.78, 5) is 17.7. The zero-order chi connectivity index (χ0) is 16.9. The number of aromatic nitrogens is 1. The van der Waals surface area contributed by atoms with E-state index in [9.17, 15) is 9.18 Å². The summed E-state index contributed by atoms with van der Waals surface area (Å²) in [6.07, 6.45) is 2.48. The third-order valence-corrected chi connectivity index (χ3v) is 5.21. The van der Waals surface area contributed by atoms with Crippen molar-refractivity contribution in [1.29, 1.82) is 0 Å². The second kappa shape index (κ2) is 7.83. The quantitative estimate of drug-likeness (QED) is 0.701. The van der Waals surface area contributed by atoms with Gasteiger partial charge in [0.2, 0.25) is 5.91 Å². The van der Waals surface area contributed by atoms with Crippen LogP contribution in [0.2, 0.25) is 0 Å². The van der Waals surface area contributed by atoms with Gasteiger partial charge in [-0.15, -0.1) is 11.3 Å². The lowest BCUT2D eigenvalue weighted by Crippen LogP contribution is -2.43. The van der Waals surface area contributed by atoms with Gasteiger partial charge < -0.3 is 5.32 Å². The Kier molecular flexibility index (Phi) is 5.55. The topological polar surface area (TPSA) is 66.0 Å². The van der Waals surface area contributed by atoms with Gasteiger partial charge in [0, 0.05) is 17.5 Å². The molecule has 0 bridgehead atoms. The lowest BCUT2D eigenvalue weighted by Gasteiger charge is -2.10. The van der Waals surface area contributed by atoms with E-state index in [0.29, 0.717) is 13.0 Å². The maximum atomic E-state index is 13.0. The Morgan fingerprint density at radius 2 is 2.17 bits per heavy atom. The molecular formula is C17H21FN4OS. The molecule has 24 heavy (non-hydrogen) atoms. The molecule has 1 aromatic carbocycles. The Labute approximate surface area is 144 Å². The van der Waals surface area contributed by atoms with Crippen LogP contribution in [0.4, 0.5) is 4.39 Å². The minimum Gasteiger partial charge on any atom is -0.355 e. The summed E-state index contributed by atoms with van der Waals surface area (Å²) in [7, 11) is 0. The number of aryl methyl sites for hydroxylation is 2. The largest absolute Gasteiger partial charge is 0.355 e. The van der Waals surface area contributed by atoms with Crippen molar-refractivity contribution in [3.63, 3.8) is 0 Å². The minimum atomic E-state index is -0.273. The van der Waals surface area contributed by atoms with E-state index in [1.807, 2.05) is 12.4 Å². The molecular weight excluding hydrogens is 327 g/mol. The number of thiazole rings is 1. The molecule has 3 N–H and O–H groups in total. The number of nitrogens with one attached hydrogen (secondary N) is 3. The van der Waals surface area contributed by atoms with E-state index < -0.39 is 0 Å². The van der Waals surface area contributed by atoms with Gasteiger partial charge in [-0.1, -0.05) is 12.1 Å². The van der Waals surface area contributed by atoms with Crippen LogP contribution in [0.1, 0.15) is 35.0 Å². The summed E-state index contributed by atoms with van der Waals surface area (Å²) in [5.74, 6) is -0.261. The lowest BCUT2D eigenvalue weighted by atomic mass is 10.0. The molecule has 0 saturated carbocycles. The first-order chi connectivity index (χ1) is 11.6. The SMILES string of the molecule is Cc1ncsc1CCCNC(=O)C1CC(c2ccc(F)cc2)NN1. The fourth-order valence-corrected chi connectivity index (χ4v) is 3.62. The van der Waals surface area contributed by atoms with Crippen LogP contribution in [0.5, 0.6) is 0 Å². The molecule has 3 rings (SSSR count). The Balaban J connectivity index is 1.41. The number of benzene rings is 1. The molecule has 1 aromatic heterocycles. The highest BCUT2D eigenvalue weighted by Gasteiger charge is 2.29. The lowest BCUT2D eigenvalue weighted by molar-refractivity contribution is -0.122. The Hall–Kier alpha value is -1.83. The van der Waals surface area contributed by atoms with E-state index in [0.717, 1.165) is 24.1 Å². The molecule has 0 radical (unpaired) electrons. The fourth-order valence-electron chi connectivity index (χ4n) is 2.79. The number of hydrogen-bond donors (Lipinski definition) is 3. The van der Waals surface area contributed by atoms with Crippen LogP contribution in [0.3, 0.4) is 0 Å². The first-order valence-electron chi connectivity index (χ1n) is 8.06. The van der Waals surface area contributed by atoms with Crippen LogP contribution in [-0.4, -0.2) is 23.5 Å². The van der Waals surface area contributed by atoms with E-state index >= 15 is 0 Å². The number of carbonyl (C=O) groups excluding carboxylic acids is 1. The van der Waals surface area contributed by atoms with Crippen molar-refractivity contribution in [3.8, 4) is 0 Å². The Morgan fingerprint density at radius 1 is 1.38 bits per heavy atom. The number of hydrogen-bond acceptors (Lipinski definition) is 5. The van der Waals surface area contributed by atoms with E-state index in [1.165, 1.54) is 17.0 Å². The summed E-state index contributed by atoms with van der Waals surface area (Å²) in [5, 5.41) is 2.97. The summed E-state index contributed by atoms with van der Waals surface area (Å²) < 4.78 is 13.0. The highest BCUT2D eigenvalue weighted by Crippen LogP contribution is 2.22. The molecule has 1 amide bonds. The van der Waals surface area contributed by atoms with E-state index in [1.54, 1.807) is 23.5 Å². The molecule has 2 aromatic rings. The van der Waals surface area contributed by atoms with Gasteiger partial charge in [0.15, 0.2) is 0 Å². The molecule has 0 aliphatic carbocycles. The third kappa shape index (κ3) is 4.17. The number of carbonyl (C=O) groups is 1. The second-order valence-electron chi connectivity index (χ2n) is 5.94. The molecule has 0 spiro atoms. The summed E-state index contributed by atoms with van der Waals surface area (Å²) in [5.41, 5.74) is 10.0. The van der Waals surface area contributed by atoms with Crippen molar-refractivity contribution in [3.05, 3.63) is 51.7 Å². The Bertz CT molecular complexity index is 688. The number of rotatable bonds is 6. The number of hydrazine groups is 1. The molecule has 1 saturated heterocycles. The van der Waals surface area contributed by atoms with Gasteiger partial charge in [0.25, 0.3) is 0 Å². The van der Waals surface area contributed by atoms with Crippen molar-refractivity contribution in [2.75, 3.05) is 6.54 Å². The first kappa shape index (κ1) is 17.0. The maximum absolute atomic E-state index is 13.0. The van der Waals surface area contributed by atoms with Crippen LogP contribution in [0.15, 0.2) is 29.8 Å². The first-order valence-corrected chi connectivity index (χ1v) is 8.94. The van der Waals surface area contributed by atoms with Crippen molar-refractivity contribution in [1.82, 2.24) is 21.2 Å². The van der Waals surface area contributed by atoms with Crippen molar-refractivity contribution in [2.45, 2.75) is 38.3 Å². The second-order valence-corrected chi connectivity index (χ2v) is 6.88. The van der Waals surface area contributed by atoms with Gasteiger partial charge in [-0.3, -0.25) is 4.79 Å². The van der Waals surface area contributed by atoms with E-state index in [2.05, 4.69) is 21.2 Å². The van der Waals surface area contributed by atoms with Gasteiger partial charge in [-0.2, -0.15) is 0 Å². The van der Waals surface area contributed by atoms with Gasteiger partial charge >= 0.3 is 0 Å². The van der Waals surface area contributed by atoms with Gasteiger partial charge in [0.05, 0.1) is 11.2 Å². The van der Waals surface area contributed by atoms with Crippen LogP contribution < -0.4 is 16.2 Å². The number of nitrogens with zero attached hydrogens (tertiary/aromatic N) is 1. The monoisotopic (exact) mass is 348 g/mol. The fraction of sp³-hybridized carbons (Fsp3) is 0.412. The summed E-state index contributed by atoms with van der Waals surface area (Å²) in [6, 6.07) is 6.10. The standard InChI is InChI=1S/C17H21FN4OS/c1-11-16(24-10-20-11)3-2-8-19-17(23)15-9-14(21-22-15)12-4-6-13(18)7-5-12/h4-7,10,14-15,21-22H,2-3,8-9H2,1H3,(H,19,23). The molecule has 128 valence electrons. The predicted octanol–water partition coefficient (Wildman–Crippen LogP) is 2.25. The van der Waals surface area contributed by atoms with E-state index in [4.69, 9.17) is 0 Å². The van der Waals surface area contributed by atoms with Gasteiger partial charge in [-0.05, 0) is 43.9 Å². The number of halogens is 1. The van der Waals surface area contributed by atoms with Crippen LogP contribution >= 0.6 is 11.3 Å². The zero-order valence-corrected chi connectivity index (χ0v) is 14.3. The highest BCUT2D eigenvalue weighted by molar-refractivity contribution is 7.09. The molecule has 7 heteroatoms. The summed E-state index contributed by atoms with van der Waals surface area (Å²) >= 11 is 1.66. The predicted molar refractivity (Wildman–Crippen MR) is 92.0 cm³/mol. The third-order valence-electron chi connectivity index (χ3n) is 4.22. The number of amides is 1. The minimum absolute atomic E-state index is 0.00635. The van der Waals surface area contributed by atoms with Crippen LogP contribution in [0.25, 0.3) is 0 Å². The molecule has 2 atom stereocenters. The Morgan fingerprint density at radius 3 is 2.88 bits per heavy atom. The smallest absolute Gasteiger partial charge is 0.238 e. The van der Waals surface area contributed by atoms with Crippen molar-refractivity contribution >= 4 is 17.2 Å².